The molecule has 0 saturated heterocycles. The average Bonchev–Trinajstić information content (AvgIpc) is 2.73. The van der Waals surface area contributed by atoms with Gasteiger partial charge in [0.15, 0.2) is 5.13 Å². The Bertz CT molecular complexity index is 777. The van der Waals surface area contributed by atoms with E-state index in [1.807, 2.05) is 0 Å². The Balaban J connectivity index is 2.43. The number of sulfonamides is 1. The molecule has 1 heterocycles. The first-order chi connectivity index (χ1) is 9.29. The van der Waals surface area contributed by atoms with Crippen molar-refractivity contribution in [2.75, 3.05) is 4.72 Å². The van der Waals surface area contributed by atoms with Gasteiger partial charge in [0.05, 0.1) is 19.9 Å². The number of benzene rings is 1. The van der Waals surface area contributed by atoms with Gasteiger partial charge in [0, 0.05) is 12.1 Å². The highest BCUT2D eigenvalue weighted by Gasteiger charge is 2.22. The Kier molecular flexibility index (Phi) is 4.28. The lowest BCUT2D eigenvalue weighted by Crippen LogP contribution is -2.13. The van der Waals surface area contributed by atoms with Crippen LogP contribution in [0.15, 0.2) is 33.1 Å². The van der Waals surface area contributed by atoms with E-state index in [4.69, 9.17) is 11.6 Å². The van der Waals surface area contributed by atoms with Crippen molar-refractivity contribution in [3.05, 3.63) is 43.3 Å². The Labute approximate surface area is 130 Å². The third kappa shape index (κ3) is 3.26. The Hall–Kier alpha value is -1.23. The van der Waals surface area contributed by atoms with Gasteiger partial charge in [-0.3, -0.25) is 14.8 Å². The molecule has 0 aliphatic rings. The Morgan fingerprint density at radius 1 is 1.45 bits per heavy atom. The number of rotatable bonds is 4. The van der Waals surface area contributed by atoms with E-state index in [0.717, 1.165) is 29.5 Å². The van der Waals surface area contributed by atoms with Gasteiger partial charge in [-0.05, 0) is 22.0 Å². The summed E-state index contributed by atoms with van der Waals surface area (Å²) in [5.74, 6) is 0. The third-order valence-electron chi connectivity index (χ3n) is 2.11. The van der Waals surface area contributed by atoms with Crippen LogP contribution in [-0.4, -0.2) is 18.3 Å². The molecule has 0 bridgehead atoms. The van der Waals surface area contributed by atoms with Crippen molar-refractivity contribution >= 4 is 59.7 Å². The molecule has 2 aromatic rings. The zero-order valence-electron chi connectivity index (χ0n) is 9.41. The molecule has 106 valence electrons. The SMILES string of the molecule is O=[N+]([O-])c1ccc(Cl)c(S(=O)(=O)Nc2ncc(Br)s2)c1. The quantitative estimate of drug-likeness (QED) is 0.629. The number of nitro groups is 1. The van der Waals surface area contributed by atoms with Gasteiger partial charge >= 0.3 is 0 Å². The Morgan fingerprint density at radius 3 is 2.70 bits per heavy atom. The van der Waals surface area contributed by atoms with E-state index in [1.165, 1.54) is 6.20 Å². The second kappa shape index (κ2) is 5.64. The molecule has 2 rings (SSSR count). The van der Waals surface area contributed by atoms with Gasteiger partial charge < -0.3 is 0 Å². The van der Waals surface area contributed by atoms with Gasteiger partial charge in [-0.2, -0.15) is 0 Å². The monoisotopic (exact) mass is 397 g/mol. The highest BCUT2D eigenvalue weighted by atomic mass is 79.9. The number of nitrogens with zero attached hydrogens (tertiary/aromatic N) is 2. The second-order valence-electron chi connectivity index (χ2n) is 3.45. The van der Waals surface area contributed by atoms with Crippen LogP contribution in [0, 0.1) is 10.1 Å². The van der Waals surface area contributed by atoms with Gasteiger partial charge in [-0.25, -0.2) is 13.4 Å². The number of non-ortho nitro benzene ring substituents is 1. The molecule has 0 spiro atoms. The normalized spacial score (nSPS) is 11.3. The molecule has 0 atom stereocenters. The minimum absolute atomic E-state index is 0.112. The highest BCUT2D eigenvalue weighted by molar-refractivity contribution is 9.11. The lowest BCUT2D eigenvalue weighted by Gasteiger charge is -2.06. The molecule has 7 nitrogen and oxygen atoms in total. The number of hydrogen-bond acceptors (Lipinski definition) is 6. The second-order valence-corrected chi connectivity index (χ2v) is 7.91. The van der Waals surface area contributed by atoms with E-state index < -0.39 is 14.9 Å². The predicted octanol–water partition coefficient (Wildman–Crippen LogP) is 3.27. The number of nitro benzene ring substituents is 1. The van der Waals surface area contributed by atoms with Gasteiger partial charge in [0.2, 0.25) is 0 Å². The summed E-state index contributed by atoms with van der Waals surface area (Å²) in [6, 6.07) is 3.18. The van der Waals surface area contributed by atoms with Crippen LogP contribution >= 0.6 is 38.9 Å². The van der Waals surface area contributed by atoms with E-state index in [1.54, 1.807) is 0 Å². The van der Waals surface area contributed by atoms with Crippen LogP contribution in [0.5, 0.6) is 0 Å². The molecule has 0 saturated carbocycles. The van der Waals surface area contributed by atoms with Crippen LogP contribution in [0.3, 0.4) is 0 Å². The van der Waals surface area contributed by atoms with Gasteiger partial charge in [0.1, 0.15) is 4.90 Å². The van der Waals surface area contributed by atoms with Crippen LogP contribution < -0.4 is 4.72 Å². The van der Waals surface area contributed by atoms with Gasteiger partial charge in [-0.15, -0.1) is 0 Å². The first-order valence-electron chi connectivity index (χ1n) is 4.88. The average molecular weight is 399 g/mol. The van der Waals surface area contributed by atoms with Crippen molar-refractivity contribution in [3.8, 4) is 0 Å². The minimum Gasteiger partial charge on any atom is -0.258 e. The van der Waals surface area contributed by atoms with Crippen molar-refractivity contribution in [2.24, 2.45) is 0 Å². The molecule has 1 aromatic carbocycles. The van der Waals surface area contributed by atoms with Crippen molar-refractivity contribution < 1.29 is 13.3 Å². The molecule has 1 aromatic heterocycles. The molecule has 11 heteroatoms. The molecule has 1 N–H and O–H groups in total. The summed E-state index contributed by atoms with van der Waals surface area (Å²) in [4.78, 5) is 13.4. The zero-order valence-corrected chi connectivity index (χ0v) is 13.4. The van der Waals surface area contributed by atoms with Crippen molar-refractivity contribution in [1.29, 1.82) is 0 Å². The molecular weight excluding hydrogens is 394 g/mol. The molecule has 0 aliphatic heterocycles. The maximum Gasteiger partial charge on any atom is 0.270 e. The molecule has 0 fully saturated rings. The minimum atomic E-state index is -4.05. The number of anilines is 1. The molecule has 0 amide bonds. The molecule has 0 aliphatic carbocycles. The maximum absolute atomic E-state index is 12.1. The van der Waals surface area contributed by atoms with Gasteiger partial charge in [0.25, 0.3) is 15.7 Å². The predicted molar refractivity (Wildman–Crippen MR) is 78.7 cm³/mol. The van der Waals surface area contributed by atoms with E-state index in [-0.39, 0.29) is 20.7 Å². The number of halogens is 2. The van der Waals surface area contributed by atoms with Crippen molar-refractivity contribution in [1.82, 2.24) is 4.98 Å². The first kappa shape index (κ1) is 15.2. The number of hydrogen-bond donors (Lipinski definition) is 1. The summed E-state index contributed by atoms with van der Waals surface area (Å²) in [7, 11) is -4.05. The van der Waals surface area contributed by atoms with Gasteiger partial charge in [-0.1, -0.05) is 22.9 Å². The molecule has 0 unspecified atom stereocenters. The van der Waals surface area contributed by atoms with E-state index in [9.17, 15) is 18.5 Å². The van der Waals surface area contributed by atoms with E-state index >= 15 is 0 Å². The fourth-order valence-corrected chi connectivity index (χ4v) is 4.15. The first-order valence-corrected chi connectivity index (χ1v) is 8.35. The van der Waals surface area contributed by atoms with Crippen LogP contribution in [0.4, 0.5) is 10.8 Å². The zero-order chi connectivity index (χ0) is 14.9. The Morgan fingerprint density at radius 2 is 2.15 bits per heavy atom. The number of aromatic nitrogens is 1. The smallest absolute Gasteiger partial charge is 0.258 e. The molecular formula is C9H5BrClN3O4S2. The lowest BCUT2D eigenvalue weighted by atomic mass is 10.3. The fraction of sp³-hybridized carbons (Fsp3) is 0. The van der Waals surface area contributed by atoms with Crippen LogP contribution in [-0.2, 0) is 10.0 Å². The van der Waals surface area contributed by atoms with Crippen molar-refractivity contribution in [3.63, 3.8) is 0 Å². The van der Waals surface area contributed by atoms with Crippen molar-refractivity contribution in [2.45, 2.75) is 4.90 Å². The van der Waals surface area contributed by atoms with Crippen LogP contribution in [0.25, 0.3) is 0 Å². The standard InChI is InChI=1S/C9H5BrClN3O4S2/c10-8-4-12-9(19-8)13-20(17,18)7-3-5(14(15)16)1-2-6(7)11/h1-4H,(H,12,13). The van der Waals surface area contributed by atoms with E-state index in [2.05, 4.69) is 25.6 Å². The molecule has 0 radical (unpaired) electrons. The fourth-order valence-electron chi connectivity index (χ4n) is 1.28. The lowest BCUT2D eigenvalue weighted by molar-refractivity contribution is -0.385. The summed E-state index contributed by atoms with van der Waals surface area (Å²) in [6.45, 7) is 0. The third-order valence-corrected chi connectivity index (χ3v) is 5.46. The summed E-state index contributed by atoms with van der Waals surface area (Å²) < 4.78 is 27.1. The van der Waals surface area contributed by atoms with Crippen LogP contribution in [0.2, 0.25) is 5.02 Å². The largest absolute Gasteiger partial charge is 0.270 e. The summed E-state index contributed by atoms with van der Waals surface area (Å²) in [5.41, 5.74) is -0.366. The maximum atomic E-state index is 12.1. The highest BCUT2D eigenvalue weighted by Crippen LogP contribution is 2.30. The van der Waals surface area contributed by atoms with Crippen LogP contribution in [0.1, 0.15) is 0 Å². The topological polar surface area (TPSA) is 102 Å². The summed E-state index contributed by atoms with van der Waals surface area (Å²) >= 11 is 10.00. The summed E-state index contributed by atoms with van der Waals surface area (Å²) in [6.07, 6.45) is 1.43. The molecule has 20 heavy (non-hydrogen) atoms. The van der Waals surface area contributed by atoms with E-state index in [0.29, 0.717) is 3.79 Å². The number of thiazole rings is 1. The number of nitrogens with one attached hydrogen (secondary N) is 1. The summed E-state index contributed by atoms with van der Waals surface area (Å²) in [5, 5.41) is 10.7.